The molecule has 130 valence electrons. The fraction of sp³-hybridized carbons (Fsp3) is 0.700. The second kappa shape index (κ2) is 10.2. The summed E-state index contributed by atoms with van der Waals surface area (Å²) in [5.74, 6) is 1.91. The van der Waals surface area contributed by atoms with Crippen molar-refractivity contribution in [2.45, 2.75) is 58.8 Å². The van der Waals surface area contributed by atoms with Crippen LogP contribution < -0.4 is 9.64 Å². The van der Waals surface area contributed by atoms with Crippen molar-refractivity contribution in [2.24, 2.45) is 5.92 Å². The predicted molar refractivity (Wildman–Crippen MR) is 98.8 cm³/mol. The van der Waals surface area contributed by atoms with Crippen molar-refractivity contribution in [2.75, 3.05) is 26.2 Å². The van der Waals surface area contributed by atoms with Gasteiger partial charge in [0, 0.05) is 5.02 Å². The van der Waals surface area contributed by atoms with Gasteiger partial charge < -0.3 is 9.64 Å². The van der Waals surface area contributed by atoms with Crippen LogP contribution in [-0.2, 0) is 6.42 Å². The molecule has 0 amide bonds. The van der Waals surface area contributed by atoms with Crippen LogP contribution >= 0.6 is 11.6 Å². The van der Waals surface area contributed by atoms with Crippen LogP contribution in [0.4, 0.5) is 0 Å². The first-order chi connectivity index (χ1) is 11.2. The maximum atomic E-state index is 6.13. The number of ether oxygens (including phenoxy) is 1. The molecule has 0 radical (unpaired) electrons. The van der Waals surface area contributed by atoms with Crippen LogP contribution in [0.5, 0.6) is 5.75 Å². The van der Waals surface area contributed by atoms with Gasteiger partial charge in [0.15, 0.2) is 0 Å². The van der Waals surface area contributed by atoms with E-state index in [4.69, 9.17) is 16.3 Å². The molecule has 1 aliphatic heterocycles. The van der Waals surface area contributed by atoms with Crippen LogP contribution in [0.25, 0.3) is 0 Å². The lowest BCUT2D eigenvalue weighted by Crippen LogP contribution is -3.13. The summed E-state index contributed by atoms with van der Waals surface area (Å²) < 4.78 is 5.85. The molecular weight excluding hydrogens is 306 g/mol. The van der Waals surface area contributed by atoms with Gasteiger partial charge in [-0.2, -0.15) is 0 Å². The molecule has 1 aromatic carbocycles. The third-order valence-electron chi connectivity index (χ3n) is 5.07. The number of hydrogen-bond acceptors (Lipinski definition) is 1. The van der Waals surface area contributed by atoms with Gasteiger partial charge in [-0.05, 0) is 74.6 Å². The van der Waals surface area contributed by atoms with Gasteiger partial charge >= 0.3 is 0 Å². The number of benzene rings is 1. The SMILES string of the molecule is CCc1cc(OCCCCCC[NH+]2CCC(C)CC2)ccc1Cl. The summed E-state index contributed by atoms with van der Waals surface area (Å²) in [6.07, 6.45) is 8.92. The normalized spacial score (nSPS) is 21.3. The number of nitrogens with one attached hydrogen (secondary N) is 1. The summed E-state index contributed by atoms with van der Waals surface area (Å²) in [4.78, 5) is 1.83. The first kappa shape index (κ1) is 18.6. The van der Waals surface area contributed by atoms with Gasteiger partial charge in [0.25, 0.3) is 0 Å². The molecule has 1 N–H and O–H groups in total. The lowest BCUT2D eigenvalue weighted by atomic mass is 9.99. The predicted octanol–water partition coefficient (Wildman–Crippen LogP) is 4.16. The third-order valence-corrected chi connectivity index (χ3v) is 5.44. The second-order valence-corrected chi connectivity index (χ2v) is 7.46. The number of quaternary nitrogens is 1. The van der Waals surface area contributed by atoms with E-state index >= 15 is 0 Å². The van der Waals surface area contributed by atoms with E-state index in [1.54, 1.807) is 0 Å². The Labute approximate surface area is 147 Å². The average Bonchev–Trinajstić information content (AvgIpc) is 2.57. The van der Waals surface area contributed by atoms with Crippen LogP contribution in [0.2, 0.25) is 5.02 Å². The zero-order valence-corrected chi connectivity index (χ0v) is 15.6. The number of unbranched alkanes of at least 4 members (excludes halogenated alkanes) is 3. The minimum Gasteiger partial charge on any atom is -0.494 e. The van der Waals surface area contributed by atoms with Gasteiger partial charge in [-0.15, -0.1) is 0 Å². The quantitative estimate of drug-likeness (QED) is 0.667. The molecule has 1 saturated heterocycles. The first-order valence-electron chi connectivity index (χ1n) is 9.43. The Kier molecular flexibility index (Phi) is 8.25. The topological polar surface area (TPSA) is 13.7 Å². The molecule has 0 saturated carbocycles. The molecule has 23 heavy (non-hydrogen) atoms. The van der Waals surface area contributed by atoms with E-state index in [0.29, 0.717) is 0 Å². The van der Waals surface area contributed by atoms with Crippen LogP contribution in [0.3, 0.4) is 0 Å². The summed E-state index contributed by atoms with van der Waals surface area (Å²) in [7, 11) is 0. The van der Waals surface area contributed by atoms with Crippen molar-refractivity contribution >= 4 is 11.6 Å². The lowest BCUT2D eigenvalue weighted by Gasteiger charge is -2.27. The Hall–Kier alpha value is -0.730. The number of halogens is 1. The minimum absolute atomic E-state index is 0.818. The first-order valence-corrected chi connectivity index (χ1v) is 9.81. The Morgan fingerprint density at radius 2 is 1.87 bits per heavy atom. The van der Waals surface area contributed by atoms with Gasteiger partial charge in [0.2, 0.25) is 0 Å². The Morgan fingerprint density at radius 1 is 1.13 bits per heavy atom. The van der Waals surface area contributed by atoms with Gasteiger partial charge in [-0.25, -0.2) is 0 Å². The summed E-state index contributed by atoms with van der Waals surface area (Å²) in [5, 5.41) is 0.842. The van der Waals surface area contributed by atoms with Crippen LogP contribution in [-0.4, -0.2) is 26.2 Å². The molecule has 1 aliphatic rings. The van der Waals surface area contributed by atoms with Crippen LogP contribution in [0.15, 0.2) is 18.2 Å². The molecule has 0 atom stereocenters. The fourth-order valence-corrected chi connectivity index (χ4v) is 3.60. The zero-order chi connectivity index (χ0) is 16.5. The van der Waals surface area contributed by atoms with E-state index in [-0.39, 0.29) is 0 Å². The van der Waals surface area contributed by atoms with Crippen molar-refractivity contribution in [1.29, 1.82) is 0 Å². The molecule has 1 fully saturated rings. The largest absolute Gasteiger partial charge is 0.494 e. The number of piperidine rings is 1. The highest BCUT2D eigenvalue weighted by Gasteiger charge is 2.17. The molecule has 2 rings (SSSR count). The molecule has 0 unspecified atom stereocenters. The van der Waals surface area contributed by atoms with Crippen molar-refractivity contribution in [3.63, 3.8) is 0 Å². The second-order valence-electron chi connectivity index (χ2n) is 7.05. The van der Waals surface area contributed by atoms with E-state index in [1.165, 1.54) is 57.3 Å². The Bertz CT molecular complexity index is 455. The lowest BCUT2D eigenvalue weighted by molar-refractivity contribution is -0.906. The Balaban J connectivity index is 1.51. The fourth-order valence-electron chi connectivity index (χ4n) is 3.35. The maximum absolute atomic E-state index is 6.13. The van der Waals surface area contributed by atoms with E-state index < -0.39 is 0 Å². The summed E-state index contributed by atoms with van der Waals surface area (Å²) in [6, 6.07) is 5.99. The number of aryl methyl sites for hydroxylation is 1. The van der Waals surface area contributed by atoms with E-state index in [2.05, 4.69) is 19.9 Å². The number of rotatable bonds is 9. The molecule has 0 spiro atoms. The van der Waals surface area contributed by atoms with E-state index in [1.807, 2.05) is 17.0 Å². The van der Waals surface area contributed by atoms with Crippen molar-refractivity contribution in [1.82, 2.24) is 0 Å². The average molecular weight is 339 g/mol. The molecule has 2 nitrogen and oxygen atoms in total. The molecular formula is C20H33ClNO+. The van der Waals surface area contributed by atoms with E-state index in [9.17, 15) is 0 Å². The molecule has 1 aromatic rings. The summed E-state index contributed by atoms with van der Waals surface area (Å²) in [5.41, 5.74) is 1.17. The van der Waals surface area contributed by atoms with Crippen LogP contribution in [0, 0.1) is 5.92 Å². The van der Waals surface area contributed by atoms with Crippen molar-refractivity contribution in [3.05, 3.63) is 28.8 Å². The number of hydrogen-bond donors (Lipinski definition) is 1. The Morgan fingerprint density at radius 3 is 2.61 bits per heavy atom. The van der Waals surface area contributed by atoms with Crippen molar-refractivity contribution in [3.8, 4) is 5.75 Å². The number of likely N-dealkylation sites (tertiary alicyclic amines) is 1. The molecule has 0 aromatic heterocycles. The highest BCUT2D eigenvalue weighted by molar-refractivity contribution is 6.31. The summed E-state index contributed by atoms with van der Waals surface area (Å²) in [6.45, 7) is 9.47. The molecule has 0 bridgehead atoms. The monoisotopic (exact) mass is 338 g/mol. The maximum Gasteiger partial charge on any atom is 0.119 e. The van der Waals surface area contributed by atoms with Crippen molar-refractivity contribution < 1.29 is 9.64 Å². The molecule has 1 heterocycles. The van der Waals surface area contributed by atoms with Gasteiger partial charge in [0.05, 0.1) is 26.2 Å². The smallest absolute Gasteiger partial charge is 0.119 e. The third kappa shape index (κ3) is 6.73. The zero-order valence-electron chi connectivity index (χ0n) is 14.9. The van der Waals surface area contributed by atoms with Crippen LogP contribution in [0.1, 0.15) is 57.9 Å². The molecule has 3 heteroatoms. The van der Waals surface area contributed by atoms with Gasteiger partial charge in [0.1, 0.15) is 5.75 Å². The van der Waals surface area contributed by atoms with E-state index in [0.717, 1.165) is 36.1 Å². The van der Waals surface area contributed by atoms with Gasteiger partial charge in [-0.3, -0.25) is 0 Å². The standard InChI is InChI=1S/C20H32ClNO/c1-3-18-16-19(8-9-20(18)21)23-15-7-5-4-6-12-22-13-10-17(2)11-14-22/h8-9,16-17H,3-7,10-15H2,1-2H3/p+1. The van der Waals surface area contributed by atoms with Gasteiger partial charge in [-0.1, -0.05) is 25.4 Å². The molecule has 0 aliphatic carbocycles. The summed E-state index contributed by atoms with van der Waals surface area (Å²) >= 11 is 6.13. The highest BCUT2D eigenvalue weighted by atomic mass is 35.5. The minimum atomic E-state index is 0.818. The highest BCUT2D eigenvalue weighted by Crippen LogP contribution is 2.22.